The Hall–Kier alpha value is -6.02. The fourth-order valence-electron chi connectivity index (χ4n) is 5.99. The highest BCUT2D eigenvalue weighted by Gasteiger charge is 2.45. The number of hydrogen-bond acceptors (Lipinski definition) is 9. The second kappa shape index (κ2) is 17.6. The van der Waals surface area contributed by atoms with Gasteiger partial charge in [0.1, 0.15) is 24.1 Å². The van der Waals surface area contributed by atoms with Crippen LogP contribution in [0.5, 0.6) is 6.01 Å². The SMILES string of the molecule is CC(C)c1ccc(COc2nc(Nc3ccc(C(=O)NCC(C)(C)CNC(=O)C(=O)Cc4ccc(F)cc4F)c(F)c3)nc(NC3(c4ccc(Cl)cc4)CC3)n2)cc1. The number of Topliss-reactive ketones (excluding diaryl/α,β-unsaturated/α-hetero) is 1. The van der Waals surface area contributed by atoms with Crippen molar-refractivity contribution in [2.24, 2.45) is 5.41 Å². The molecule has 1 fully saturated rings. The van der Waals surface area contributed by atoms with Crippen molar-refractivity contribution in [3.05, 3.63) is 135 Å². The summed E-state index contributed by atoms with van der Waals surface area (Å²) in [7, 11) is 0. The average Bonchev–Trinajstić information content (AvgIpc) is 3.97. The van der Waals surface area contributed by atoms with Gasteiger partial charge in [0.05, 0.1) is 11.1 Å². The summed E-state index contributed by atoms with van der Waals surface area (Å²) in [6.45, 7) is 7.86. The van der Waals surface area contributed by atoms with E-state index in [0.717, 1.165) is 42.2 Å². The van der Waals surface area contributed by atoms with Crippen LogP contribution >= 0.6 is 11.6 Å². The van der Waals surface area contributed by atoms with Gasteiger partial charge in [-0.15, -0.1) is 0 Å². The van der Waals surface area contributed by atoms with Crippen molar-refractivity contribution in [3.8, 4) is 6.01 Å². The Bertz CT molecular complexity index is 2300. The molecule has 2 amide bonds. The third-order valence-electron chi connectivity index (χ3n) is 9.67. The van der Waals surface area contributed by atoms with Crippen molar-refractivity contribution in [1.82, 2.24) is 25.6 Å². The molecule has 11 nitrogen and oxygen atoms in total. The quantitative estimate of drug-likeness (QED) is 0.0683. The summed E-state index contributed by atoms with van der Waals surface area (Å²) >= 11 is 6.13. The highest BCUT2D eigenvalue weighted by atomic mass is 35.5. The molecule has 302 valence electrons. The van der Waals surface area contributed by atoms with Gasteiger partial charge in [-0.25, -0.2) is 13.2 Å². The van der Waals surface area contributed by atoms with Gasteiger partial charge in [-0.2, -0.15) is 15.0 Å². The van der Waals surface area contributed by atoms with Crippen LogP contribution in [0.1, 0.15) is 79.1 Å². The highest BCUT2D eigenvalue weighted by Crippen LogP contribution is 2.48. The number of amides is 2. The maximum atomic E-state index is 15.4. The number of benzene rings is 4. The van der Waals surface area contributed by atoms with E-state index < -0.39 is 52.4 Å². The fraction of sp³-hybridized carbons (Fsp3) is 0.302. The van der Waals surface area contributed by atoms with Crippen LogP contribution in [0, 0.1) is 22.9 Å². The van der Waals surface area contributed by atoms with Crippen LogP contribution in [0.15, 0.2) is 84.9 Å². The van der Waals surface area contributed by atoms with Crippen molar-refractivity contribution >= 4 is 46.8 Å². The first-order valence-corrected chi connectivity index (χ1v) is 19.1. The van der Waals surface area contributed by atoms with Gasteiger partial charge in [0, 0.05) is 36.3 Å². The lowest BCUT2D eigenvalue weighted by molar-refractivity contribution is -0.137. The molecule has 0 atom stereocenters. The Morgan fingerprint density at radius 2 is 1.52 bits per heavy atom. The van der Waals surface area contributed by atoms with Gasteiger partial charge in [0.25, 0.3) is 11.8 Å². The van der Waals surface area contributed by atoms with Gasteiger partial charge >= 0.3 is 6.01 Å². The van der Waals surface area contributed by atoms with Gasteiger partial charge in [0.15, 0.2) is 0 Å². The Kier molecular flexibility index (Phi) is 12.7. The van der Waals surface area contributed by atoms with E-state index in [-0.39, 0.29) is 54.4 Å². The molecule has 5 aromatic rings. The standard InChI is InChI=1S/C43H43ClF3N7O4/c1-25(2)27-7-5-26(6-8-27)22-58-41-52-39(51-40(53-41)54-43(17-18-43)29-10-12-30(44)13-11-29)50-32-15-16-33(35(47)21-32)37(56)48-23-42(3,4)24-49-38(57)36(55)19-28-9-14-31(45)20-34(28)46/h5-16,20-21,25H,17-19,22-24H2,1-4H3,(H,48,56)(H,49,57)(H2,50,51,52,53,54). The van der Waals surface area contributed by atoms with Crippen LogP contribution in [0.4, 0.5) is 30.8 Å². The van der Waals surface area contributed by atoms with E-state index in [2.05, 4.69) is 50.1 Å². The van der Waals surface area contributed by atoms with Crippen LogP contribution in [0.3, 0.4) is 0 Å². The number of carbonyl (C=O) groups excluding carboxylic acids is 3. The number of hydrogen-bond donors (Lipinski definition) is 4. The summed E-state index contributed by atoms with van der Waals surface area (Å²) in [6, 6.07) is 22.4. The number of ether oxygens (including phenoxy) is 1. The number of aromatic nitrogens is 3. The zero-order valence-electron chi connectivity index (χ0n) is 32.4. The topological polar surface area (TPSA) is 147 Å². The van der Waals surface area contributed by atoms with Crippen molar-refractivity contribution < 1.29 is 32.3 Å². The molecular weight excluding hydrogens is 771 g/mol. The Morgan fingerprint density at radius 3 is 2.17 bits per heavy atom. The minimum Gasteiger partial charge on any atom is -0.458 e. The third kappa shape index (κ3) is 10.9. The fourth-order valence-corrected chi connectivity index (χ4v) is 6.12. The number of halogens is 4. The van der Waals surface area contributed by atoms with Crippen LogP contribution in [-0.2, 0) is 28.2 Å². The molecule has 58 heavy (non-hydrogen) atoms. The van der Waals surface area contributed by atoms with Crippen molar-refractivity contribution in [2.45, 2.75) is 65.0 Å². The van der Waals surface area contributed by atoms with Crippen LogP contribution in [-0.4, -0.2) is 45.6 Å². The number of nitrogens with one attached hydrogen (secondary N) is 4. The third-order valence-corrected chi connectivity index (χ3v) is 9.92. The van der Waals surface area contributed by atoms with Crippen LogP contribution in [0.2, 0.25) is 5.02 Å². The molecule has 0 aliphatic heterocycles. The molecule has 1 heterocycles. The van der Waals surface area contributed by atoms with Crippen molar-refractivity contribution in [1.29, 1.82) is 0 Å². The van der Waals surface area contributed by atoms with E-state index in [0.29, 0.717) is 17.0 Å². The lowest BCUT2D eigenvalue weighted by Gasteiger charge is -2.25. The monoisotopic (exact) mass is 813 g/mol. The summed E-state index contributed by atoms with van der Waals surface area (Å²) < 4.78 is 48.6. The van der Waals surface area contributed by atoms with Gasteiger partial charge in [-0.1, -0.05) is 81.8 Å². The summed E-state index contributed by atoms with van der Waals surface area (Å²) in [5, 5.41) is 12.2. The number of nitrogens with zero attached hydrogens (tertiary/aromatic N) is 3. The van der Waals surface area contributed by atoms with E-state index in [1.165, 1.54) is 17.7 Å². The molecule has 0 unspecified atom stereocenters. The predicted molar refractivity (Wildman–Crippen MR) is 215 cm³/mol. The van der Waals surface area contributed by atoms with E-state index in [1.54, 1.807) is 13.8 Å². The largest absolute Gasteiger partial charge is 0.458 e. The minimum atomic E-state index is -0.956. The molecule has 0 saturated heterocycles. The van der Waals surface area contributed by atoms with Crippen molar-refractivity contribution in [2.75, 3.05) is 23.7 Å². The molecule has 4 aromatic carbocycles. The lowest BCUT2D eigenvalue weighted by Crippen LogP contribution is -2.44. The molecule has 0 spiro atoms. The number of anilines is 3. The molecule has 6 rings (SSSR count). The summed E-state index contributed by atoms with van der Waals surface area (Å²) in [6.07, 6.45) is 1.13. The Labute approximate surface area is 339 Å². The smallest absolute Gasteiger partial charge is 0.323 e. The Balaban J connectivity index is 1.09. The first kappa shape index (κ1) is 41.6. The first-order chi connectivity index (χ1) is 27.6. The maximum Gasteiger partial charge on any atom is 0.323 e. The zero-order valence-corrected chi connectivity index (χ0v) is 33.1. The number of carbonyl (C=O) groups is 3. The van der Waals surface area contributed by atoms with Crippen molar-refractivity contribution in [3.63, 3.8) is 0 Å². The predicted octanol–water partition coefficient (Wildman–Crippen LogP) is 8.17. The molecule has 1 aliphatic rings. The van der Waals surface area contributed by atoms with Gasteiger partial charge in [-0.05, 0) is 82.8 Å². The van der Waals surface area contributed by atoms with Gasteiger partial charge in [-0.3, -0.25) is 14.4 Å². The molecule has 4 N–H and O–H groups in total. The first-order valence-electron chi connectivity index (χ1n) is 18.7. The molecule has 1 aliphatic carbocycles. The molecule has 1 aromatic heterocycles. The normalized spacial score (nSPS) is 13.1. The maximum absolute atomic E-state index is 15.4. The van der Waals surface area contributed by atoms with E-state index in [4.69, 9.17) is 16.3 Å². The Morgan fingerprint density at radius 1 is 0.828 bits per heavy atom. The zero-order chi connectivity index (χ0) is 41.6. The van der Waals surface area contributed by atoms with Crippen LogP contribution in [0.25, 0.3) is 0 Å². The summed E-state index contributed by atoms with van der Waals surface area (Å²) in [5.74, 6) is -4.40. The number of rotatable bonds is 17. The van der Waals surface area contributed by atoms with E-state index in [9.17, 15) is 23.2 Å². The van der Waals surface area contributed by atoms with Gasteiger partial charge < -0.3 is 26.0 Å². The summed E-state index contributed by atoms with van der Waals surface area (Å²) in [5.41, 5.74) is 1.89. The molecule has 1 saturated carbocycles. The van der Waals surface area contributed by atoms with E-state index >= 15 is 4.39 Å². The molecule has 15 heteroatoms. The molecule has 0 bridgehead atoms. The lowest BCUT2D eigenvalue weighted by atomic mass is 9.93. The molecule has 0 radical (unpaired) electrons. The number of ketones is 1. The second-order valence-corrected chi connectivity index (χ2v) is 15.8. The minimum absolute atomic E-state index is 0.00905. The summed E-state index contributed by atoms with van der Waals surface area (Å²) in [4.78, 5) is 51.3. The second-order valence-electron chi connectivity index (χ2n) is 15.3. The molecular formula is C43H43ClF3N7O4. The highest BCUT2D eigenvalue weighted by molar-refractivity contribution is 6.36. The van der Waals surface area contributed by atoms with Crippen LogP contribution < -0.4 is 26.0 Å². The average molecular weight is 814 g/mol. The van der Waals surface area contributed by atoms with E-state index in [1.807, 2.05) is 48.5 Å². The van der Waals surface area contributed by atoms with Gasteiger partial charge in [0.2, 0.25) is 17.7 Å².